The van der Waals surface area contributed by atoms with Gasteiger partial charge in [0.1, 0.15) is 10.7 Å². The summed E-state index contributed by atoms with van der Waals surface area (Å²) in [6.07, 6.45) is 0. The van der Waals surface area contributed by atoms with Crippen LogP contribution in [0.2, 0.25) is 0 Å². The van der Waals surface area contributed by atoms with Crippen molar-refractivity contribution < 1.29 is 12.8 Å². The zero-order valence-corrected chi connectivity index (χ0v) is 10.1. The predicted octanol–water partition coefficient (Wildman–Crippen LogP) is 1.82. The summed E-state index contributed by atoms with van der Waals surface area (Å²) in [6, 6.07) is 9.13. The molecule has 0 saturated carbocycles. The standard InChI is InChI=1S/C12H11FN2O2S/c13-8-3-1-4-9(7-8)18(16,17)12-10(14)5-2-6-11(12)15/h1-7H,14-15H2. The molecule has 18 heavy (non-hydrogen) atoms. The highest BCUT2D eigenvalue weighted by atomic mass is 32.2. The third kappa shape index (κ3) is 2.02. The normalized spacial score (nSPS) is 11.4. The molecule has 2 aromatic carbocycles. The van der Waals surface area contributed by atoms with E-state index in [1.807, 2.05) is 0 Å². The zero-order valence-electron chi connectivity index (χ0n) is 9.30. The van der Waals surface area contributed by atoms with E-state index in [0.29, 0.717) is 0 Å². The van der Waals surface area contributed by atoms with E-state index in [1.54, 1.807) is 6.07 Å². The summed E-state index contributed by atoms with van der Waals surface area (Å²) in [6.45, 7) is 0. The Morgan fingerprint density at radius 3 is 2.06 bits per heavy atom. The van der Waals surface area contributed by atoms with E-state index in [1.165, 1.54) is 24.3 Å². The molecule has 0 aliphatic rings. The summed E-state index contributed by atoms with van der Waals surface area (Å²) in [5, 5.41) is 0. The molecule has 0 bridgehead atoms. The lowest BCUT2D eigenvalue weighted by Gasteiger charge is -2.10. The highest BCUT2D eigenvalue weighted by Crippen LogP contribution is 2.30. The van der Waals surface area contributed by atoms with Crippen molar-refractivity contribution in [3.8, 4) is 0 Å². The van der Waals surface area contributed by atoms with Gasteiger partial charge in [-0.05, 0) is 30.3 Å². The van der Waals surface area contributed by atoms with Gasteiger partial charge < -0.3 is 11.5 Å². The largest absolute Gasteiger partial charge is 0.398 e. The maximum absolute atomic E-state index is 13.1. The van der Waals surface area contributed by atoms with E-state index in [2.05, 4.69) is 0 Å². The Labute approximate surface area is 104 Å². The molecule has 0 aromatic heterocycles. The minimum Gasteiger partial charge on any atom is -0.398 e. The lowest BCUT2D eigenvalue weighted by Crippen LogP contribution is -2.09. The number of benzene rings is 2. The number of nitrogens with two attached hydrogens (primary N) is 2. The number of hydrogen-bond acceptors (Lipinski definition) is 4. The summed E-state index contributed by atoms with van der Waals surface area (Å²) in [4.78, 5) is -0.359. The molecule has 0 unspecified atom stereocenters. The average molecular weight is 266 g/mol. The van der Waals surface area contributed by atoms with E-state index < -0.39 is 15.7 Å². The van der Waals surface area contributed by atoms with Gasteiger partial charge in [0.15, 0.2) is 0 Å². The van der Waals surface area contributed by atoms with Crippen LogP contribution in [0, 0.1) is 5.82 Å². The van der Waals surface area contributed by atoms with Crippen LogP contribution in [-0.2, 0) is 9.84 Å². The molecule has 6 heteroatoms. The van der Waals surface area contributed by atoms with Gasteiger partial charge in [0.05, 0.1) is 16.3 Å². The Morgan fingerprint density at radius 1 is 0.944 bits per heavy atom. The smallest absolute Gasteiger partial charge is 0.210 e. The molecule has 0 aliphatic heterocycles. The highest BCUT2D eigenvalue weighted by Gasteiger charge is 2.23. The summed E-state index contributed by atoms with van der Waals surface area (Å²) in [7, 11) is -3.91. The first-order chi connectivity index (χ1) is 8.43. The van der Waals surface area contributed by atoms with Gasteiger partial charge in [0.25, 0.3) is 0 Å². The molecule has 4 nitrogen and oxygen atoms in total. The fourth-order valence-electron chi connectivity index (χ4n) is 1.64. The maximum Gasteiger partial charge on any atom is 0.210 e. The second-order valence-electron chi connectivity index (χ2n) is 3.73. The lowest BCUT2D eigenvalue weighted by atomic mass is 10.3. The Hall–Kier alpha value is -2.08. The monoisotopic (exact) mass is 266 g/mol. The van der Waals surface area contributed by atoms with Crippen LogP contribution in [0.1, 0.15) is 0 Å². The minimum absolute atomic E-state index is 0.0410. The third-order valence-electron chi connectivity index (χ3n) is 2.45. The zero-order chi connectivity index (χ0) is 13.3. The molecular formula is C12H11FN2O2S. The summed E-state index contributed by atoms with van der Waals surface area (Å²) in [5.41, 5.74) is 11.3. The highest BCUT2D eigenvalue weighted by molar-refractivity contribution is 7.91. The second kappa shape index (κ2) is 4.30. The molecule has 0 spiro atoms. The molecule has 94 valence electrons. The Bertz CT molecular complexity index is 679. The van der Waals surface area contributed by atoms with Crippen molar-refractivity contribution in [2.45, 2.75) is 9.79 Å². The fraction of sp³-hybridized carbons (Fsp3) is 0. The molecule has 0 heterocycles. The van der Waals surface area contributed by atoms with Crippen LogP contribution in [0.3, 0.4) is 0 Å². The first kappa shape index (κ1) is 12.4. The molecule has 0 aliphatic carbocycles. The molecule has 2 aromatic rings. The van der Waals surface area contributed by atoms with Gasteiger partial charge >= 0.3 is 0 Å². The topological polar surface area (TPSA) is 86.2 Å². The van der Waals surface area contributed by atoms with Crippen molar-refractivity contribution in [3.05, 3.63) is 48.3 Å². The number of sulfone groups is 1. The molecule has 0 radical (unpaired) electrons. The molecule has 4 N–H and O–H groups in total. The van der Waals surface area contributed by atoms with Gasteiger partial charge in [0, 0.05) is 0 Å². The van der Waals surface area contributed by atoms with Crippen LogP contribution >= 0.6 is 0 Å². The fourth-order valence-corrected chi connectivity index (χ4v) is 3.15. The summed E-state index contributed by atoms with van der Waals surface area (Å²) in [5.74, 6) is -0.635. The summed E-state index contributed by atoms with van der Waals surface area (Å²) < 4.78 is 37.7. The van der Waals surface area contributed by atoms with Crippen LogP contribution in [0.5, 0.6) is 0 Å². The third-order valence-corrected chi connectivity index (χ3v) is 4.33. The lowest BCUT2D eigenvalue weighted by molar-refractivity contribution is 0.591. The second-order valence-corrected chi connectivity index (χ2v) is 5.61. The average Bonchev–Trinajstić information content (AvgIpc) is 2.28. The number of rotatable bonds is 2. The molecule has 0 fully saturated rings. The van der Waals surface area contributed by atoms with Gasteiger partial charge in [0.2, 0.25) is 9.84 Å². The number of nitrogen functional groups attached to an aromatic ring is 2. The minimum atomic E-state index is -3.91. The molecule has 0 saturated heterocycles. The van der Waals surface area contributed by atoms with E-state index in [9.17, 15) is 12.8 Å². The van der Waals surface area contributed by atoms with E-state index in [0.717, 1.165) is 12.1 Å². The van der Waals surface area contributed by atoms with E-state index in [4.69, 9.17) is 11.5 Å². The van der Waals surface area contributed by atoms with Gasteiger partial charge in [-0.15, -0.1) is 0 Å². The molecule has 0 atom stereocenters. The van der Waals surface area contributed by atoms with E-state index >= 15 is 0 Å². The van der Waals surface area contributed by atoms with Crippen molar-refractivity contribution in [1.29, 1.82) is 0 Å². The molecule has 0 amide bonds. The molecule has 2 rings (SSSR count). The van der Waals surface area contributed by atoms with Crippen LogP contribution in [-0.4, -0.2) is 8.42 Å². The number of hydrogen-bond donors (Lipinski definition) is 2. The Kier molecular flexibility index (Phi) is 2.96. The maximum atomic E-state index is 13.1. The quantitative estimate of drug-likeness (QED) is 0.812. The Morgan fingerprint density at radius 2 is 1.50 bits per heavy atom. The van der Waals surface area contributed by atoms with Crippen molar-refractivity contribution in [2.24, 2.45) is 0 Å². The number of halogens is 1. The predicted molar refractivity (Wildman–Crippen MR) is 67.1 cm³/mol. The first-order valence-electron chi connectivity index (χ1n) is 5.07. The van der Waals surface area contributed by atoms with Crippen molar-refractivity contribution in [2.75, 3.05) is 11.5 Å². The van der Waals surface area contributed by atoms with E-state index in [-0.39, 0.29) is 21.2 Å². The van der Waals surface area contributed by atoms with Crippen molar-refractivity contribution >= 4 is 21.2 Å². The van der Waals surface area contributed by atoms with Crippen LogP contribution in [0.25, 0.3) is 0 Å². The van der Waals surface area contributed by atoms with Crippen LogP contribution in [0.4, 0.5) is 15.8 Å². The van der Waals surface area contributed by atoms with Gasteiger partial charge in [-0.1, -0.05) is 12.1 Å². The molecular weight excluding hydrogens is 255 g/mol. The number of anilines is 2. The summed E-state index contributed by atoms with van der Waals surface area (Å²) >= 11 is 0. The first-order valence-corrected chi connectivity index (χ1v) is 6.56. The van der Waals surface area contributed by atoms with Gasteiger partial charge in [-0.2, -0.15) is 0 Å². The Balaban J connectivity index is 2.70. The van der Waals surface area contributed by atoms with Crippen LogP contribution in [0.15, 0.2) is 52.3 Å². The van der Waals surface area contributed by atoms with Gasteiger partial charge in [-0.25, -0.2) is 12.8 Å². The van der Waals surface area contributed by atoms with Crippen LogP contribution < -0.4 is 11.5 Å². The van der Waals surface area contributed by atoms with Crippen molar-refractivity contribution in [3.63, 3.8) is 0 Å². The SMILES string of the molecule is Nc1cccc(N)c1S(=O)(=O)c1cccc(F)c1. The van der Waals surface area contributed by atoms with Crippen molar-refractivity contribution in [1.82, 2.24) is 0 Å². The van der Waals surface area contributed by atoms with Gasteiger partial charge in [-0.3, -0.25) is 0 Å².